The summed E-state index contributed by atoms with van der Waals surface area (Å²) >= 11 is 0. The Morgan fingerprint density at radius 3 is 2.38 bits per heavy atom. The molecular formula is C19H19F3N2O2. The van der Waals surface area contributed by atoms with Gasteiger partial charge in [-0.25, -0.2) is 0 Å². The first-order valence-corrected chi connectivity index (χ1v) is 8.05. The predicted molar refractivity (Wildman–Crippen MR) is 93.9 cm³/mol. The first kappa shape index (κ1) is 19.5. The molecule has 0 atom stereocenters. The molecule has 2 aromatic rings. The van der Waals surface area contributed by atoms with Crippen LogP contribution < -0.4 is 10.2 Å². The fraction of sp³-hybridized carbons (Fsp3) is 0.263. The van der Waals surface area contributed by atoms with Crippen LogP contribution in [0.15, 0.2) is 48.5 Å². The van der Waals surface area contributed by atoms with Gasteiger partial charge >= 0.3 is 6.18 Å². The van der Waals surface area contributed by atoms with E-state index >= 15 is 0 Å². The second kappa shape index (κ2) is 8.03. The van der Waals surface area contributed by atoms with Crippen molar-refractivity contribution in [1.82, 2.24) is 0 Å². The number of carbonyl (C=O) groups is 2. The summed E-state index contributed by atoms with van der Waals surface area (Å²) in [5.41, 5.74) is 0.777. The van der Waals surface area contributed by atoms with Gasteiger partial charge in [-0.2, -0.15) is 13.2 Å². The van der Waals surface area contributed by atoms with E-state index in [9.17, 15) is 22.8 Å². The lowest BCUT2D eigenvalue weighted by atomic mass is 10.2. The number of nitrogens with one attached hydrogen (secondary N) is 1. The first-order chi connectivity index (χ1) is 12.2. The van der Waals surface area contributed by atoms with E-state index in [2.05, 4.69) is 5.32 Å². The lowest BCUT2D eigenvalue weighted by Gasteiger charge is -2.21. The molecule has 0 saturated heterocycles. The normalized spacial score (nSPS) is 11.1. The largest absolute Gasteiger partial charge is 0.416 e. The minimum absolute atomic E-state index is 0.00349. The molecule has 0 aromatic heterocycles. The maximum atomic E-state index is 12.7. The van der Waals surface area contributed by atoms with E-state index in [-0.39, 0.29) is 5.69 Å². The zero-order chi connectivity index (χ0) is 19.3. The number of halogens is 3. The highest BCUT2D eigenvalue weighted by Gasteiger charge is 2.30. The molecule has 4 nitrogen and oxygen atoms in total. The number of benzene rings is 2. The number of amides is 2. The Bertz CT molecular complexity index is 803. The van der Waals surface area contributed by atoms with Crippen LogP contribution in [0.25, 0.3) is 0 Å². The third-order valence-electron chi connectivity index (χ3n) is 3.72. The van der Waals surface area contributed by atoms with E-state index in [0.29, 0.717) is 12.2 Å². The third-order valence-corrected chi connectivity index (χ3v) is 3.72. The van der Waals surface area contributed by atoms with Crippen LogP contribution in [0.1, 0.15) is 24.5 Å². The molecule has 0 radical (unpaired) electrons. The molecule has 0 aliphatic rings. The molecule has 0 bridgehead atoms. The summed E-state index contributed by atoms with van der Waals surface area (Å²) in [4.78, 5) is 25.9. The van der Waals surface area contributed by atoms with Gasteiger partial charge in [0.25, 0.3) is 0 Å². The maximum absolute atomic E-state index is 12.7. The molecule has 0 fully saturated rings. The molecule has 138 valence electrons. The number of aryl methyl sites for hydroxylation is 1. The number of anilines is 2. The molecule has 2 aromatic carbocycles. The molecule has 1 N–H and O–H groups in total. The fourth-order valence-electron chi connectivity index (χ4n) is 2.51. The average molecular weight is 364 g/mol. The molecule has 7 heteroatoms. The van der Waals surface area contributed by atoms with Crippen LogP contribution >= 0.6 is 0 Å². The smallest absolute Gasteiger partial charge is 0.326 e. The first-order valence-electron chi connectivity index (χ1n) is 8.05. The minimum atomic E-state index is -4.50. The summed E-state index contributed by atoms with van der Waals surface area (Å²) in [6.45, 7) is 4.05. The molecule has 2 rings (SSSR count). The van der Waals surface area contributed by atoms with Crippen molar-refractivity contribution >= 4 is 23.2 Å². The molecule has 0 unspecified atom stereocenters. The van der Waals surface area contributed by atoms with Crippen molar-refractivity contribution in [3.63, 3.8) is 0 Å². The van der Waals surface area contributed by atoms with Crippen LogP contribution in [-0.4, -0.2) is 18.4 Å². The van der Waals surface area contributed by atoms with Crippen molar-refractivity contribution in [2.24, 2.45) is 0 Å². The Kier molecular flexibility index (Phi) is 6.02. The number of hydrogen-bond donors (Lipinski definition) is 1. The van der Waals surface area contributed by atoms with Crippen molar-refractivity contribution in [3.8, 4) is 0 Å². The monoisotopic (exact) mass is 364 g/mol. The Hall–Kier alpha value is -2.83. The van der Waals surface area contributed by atoms with Gasteiger partial charge in [0.2, 0.25) is 11.8 Å². The molecule has 0 aliphatic heterocycles. The van der Waals surface area contributed by atoms with Crippen molar-refractivity contribution in [2.45, 2.75) is 26.4 Å². The number of alkyl halides is 3. The van der Waals surface area contributed by atoms with Gasteiger partial charge in [-0.3, -0.25) is 9.59 Å². The Balaban J connectivity index is 2.06. The molecular weight excluding hydrogens is 345 g/mol. The lowest BCUT2D eigenvalue weighted by Crippen LogP contribution is -2.33. The molecule has 26 heavy (non-hydrogen) atoms. The van der Waals surface area contributed by atoms with E-state index in [1.54, 1.807) is 13.0 Å². The van der Waals surface area contributed by atoms with Gasteiger partial charge in [0.05, 0.1) is 5.56 Å². The number of carbonyl (C=O) groups excluding carboxylic acids is 2. The van der Waals surface area contributed by atoms with Crippen LogP contribution in [0.3, 0.4) is 0 Å². The summed E-state index contributed by atoms with van der Waals surface area (Å²) in [7, 11) is 0. The molecule has 0 spiro atoms. The summed E-state index contributed by atoms with van der Waals surface area (Å²) in [6.07, 6.45) is -4.96. The second-order valence-electron chi connectivity index (χ2n) is 5.78. The Labute approximate surface area is 149 Å². The quantitative estimate of drug-likeness (QED) is 0.800. The van der Waals surface area contributed by atoms with Crippen LogP contribution in [0.5, 0.6) is 0 Å². The average Bonchev–Trinajstić information content (AvgIpc) is 2.55. The molecule has 2 amide bonds. The van der Waals surface area contributed by atoms with Gasteiger partial charge in [0, 0.05) is 17.9 Å². The van der Waals surface area contributed by atoms with Gasteiger partial charge < -0.3 is 10.2 Å². The van der Waals surface area contributed by atoms with Crippen molar-refractivity contribution in [1.29, 1.82) is 0 Å². The Morgan fingerprint density at radius 2 is 1.77 bits per heavy atom. The van der Waals surface area contributed by atoms with Gasteiger partial charge in [-0.05, 0) is 49.7 Å². The summed E-state index contributed by atoms with van der Waals surface area (Å²) < 4.78 is 38.1. The highest BCUT2D eigenvalue weighted by atomic mass is 19.4. The van der Waals surface area contributed by atoms with Crippen LogP contribution in [0.2, 0.25) is 0 Å². The maximum Gasteiger partial charge on any atom is 0.416 e. The van der Waals surface area contributed by atoms with Gasteiger partial charge in [0.15, 0.2) is 0 Å². The summed E-state index contributed by atoms with van der Waals surface area (Å²) in [5.74, 6) is -1.09. The predicted octanol–water partition coefficient (Wildman–Crippen LogP) is 4.40. The second-order valence-corrected chi connectivity index (χ2v) is 5.78. The molecule has 0 heterocycles. The third kappa shape index (κ3) is 5.08. The number of rotatable bonds is 5. The summed E-state index contributed by atoms with van der Waals surface area (Å²) in [5, 5.41) is 2.34. The van der Waals surface area contributed by atoms with Gasteiger partial charge in [0.1, 0.15) is 6.42 Å². The zero-order valence-electron chi connectivity index (χ0n) is 14.4. The van der Waals surface area contributed by atoms with Gasteiger partial charge in [-0.1, -0.05) is 18.2 Å². The number of hydrogen-bond acceptors (Lipinski definition) is 2. The van der Waals surface area contributed by atoms with E-state index in [1.807, 2.05) is 25.1 Å². The molecule has 0 aliphatic carbocycles. The topological polar surface area (TPSA) is 49.4 Å². The zero-order valence-corrected chi connectivity index (χ0v) is 14.4. The van der Waals surface area contributed by atoms with Crippen LogP contribution in [-0.2, 0) is 15.8 Å². The van der Waals surface area contributed by atoms with Crippen molar-refractivity contribution in [2.75, 3.05) is 16.8 Å². The number of nitrogens with zero attached hydrogens (tertiary/aromatic N) is 1. The standard InChI is InChI=1S/C19H19F3N2O2/c1-3-24(16-9-4-6-13(2)10-16)18(26)12-17(25)23-15-8-5-7-14(11-15)19(20,21)22/h4-11H,3,12H2,1-2H3,(H,23,25). The van der Waals surface area contributed by atoms with Crippen molar-refractivity contribution < 1.29 is 22.8 Å². The highest BCUT2D eigenvalue weighted by molar-refractivity contribution is 6.09. The summed E-state index contributed by atoms with van der Waals surface area (Å²) in [6, 6.07) is 11.6. The minimum Gasteiger partial charge on any atom is -0.326 e. The lowest BCUT2D eigenvalue weighted by molar-refractivity contribution is -0.137. The van der Waals surface area contributed by atoms with Crippen LogP contribution in [0.4, 0.5) is 24.5 Å². The molecule has 0 saturated carbocycles. The van der Waals surface area contributed by atoms with E-state index in [1.165, 1.54) is 17.0 Å². The fourth-order valence-corrected chi connectivity index (χ4v) is 2.51. The van der Waals surface area contributed by atoms with Gasteiger partial charge in [-0.15, -0.1) is 0 Å². The highest BCUT2D eigenvalue weighted by Crippen LogP contribution is 2.30. The van der Waals surface area contributed by atoms with E-state index < -0.39 is 30.0 Å². The van der Waals surface area contributed by atoms with E-state index in [4.69, 9.17) is 0 Å². The SMILES string of the molecule is CCN(C(=O)CC(=O)Nc1cccc(C(F)(F)F)c1)c1cccc(C)c1. The van der Waals surface area contributed by atoms with Crippen LogP contribution in [0, 0.1) is 6.92 Å². The van der Waals surface area contributed by atoms with E-state index in [0.717, 1.165) is 17.7 Å². The Morgan fingerprint density at radius 1 is 1.08 bits per heavy atom. The van der Waals surface area contributed by atoms with Crippen molar-refractivity contribution in [3.05, 3.63) is 59.7 Å².